The zero-order valence-corrected chi connectivity index (χ0v) is 19.9. The molecule has 1 aromatic carbocycles. The smallest absolute Gasteiger partial charge is 0.220 e. The fourth-order valence-electron chi connectivity index (χ4n) is 3.60. The van der Waals surface area contributed by atoms with Crippen LogP contribution >= 0.6 is 0 Å². The molecule has 0 saturated carbocycles. The van der Waals surface area contributed by atoms with Crippen LogP contribution in [0, 0.1) is 5.92 Å². The van der Waals surface area contributed by atoms with E-state index in [1.54, 1.807) is 14.2 Å². The van der Waals surface area contributed by atoms with Crippen LogP contribution < -0.4 is 20.1 Å². The fourth-order valence-corrected chi connectivity index (χ4v) is 3.60. The molecule has 0 aliphatic carbocycles. The molecule has 3 rings (SSSR count). The molecule has 9 heteroatoms. The monoisotopic (exact) mass is 442 g/mol. The Hall–Kier alpha value is -3.10. The highest BCUT2D eigenvalue weighted by Gasteiger charge is 2.19. The van der Waals surface area contributed by atoms with Gasteiger partial charge in [-0.15, -0.1) is 10.2 Å². The summed E-state index contributed by atoms with van der Waals surface area (Å²) in [6, 6.07) is 3.78. The van der Waals surface area contributed by atoms with E-state index in [9.17, 15) is 4.79 Å². The molecule has 0 radical (unpaired) electrons. The molecule has 32 heavy (non-hydrogen) atoms. The number of hydrogen-bond acceptors (Lipinski definition) is 7. The number of benzene rings is 1. The number of methoxy groups -OCH3 is 2. The van der Waals surface area contributed by atoms with Gasteiger partial charge in [-0.25, -0.2) is 4.98 Å². The summed E-state index contributed by atoms with van der Waals surface area (Å²) in [5.41, 5.74) is 2.31. The molecule has 9 nitrogen and oxygen atoms in total. The number of amides is 1. The van der Waals surface area contributed by atoms with E-state index in [-0.39, 0.29) is 11.8 Å². The standard InChI is InChI=1S/C23H34N6O3/c1-14(2)11-20(30)24-9-7-8-10-25-21-23-28-27-22(15(3)4)29(23)17-13-19(32-6)18(31-5)12-16(17)26-21/h12-15H,7-11H2,1-6H3,(H,24,30)(H,25,26). The number of unbranched alkanes of at least 4 members (excludes halogenated alkanes) is 1. The Morgan fingerprint density at radius 1 is 1.03 bits per heavy atom. The fraction of sp³-hybridized carbons (Fsp3) is 0.565. The summed E-state index contributed by atoms with van der Waals surface area (Å²) in [6.07, 6.45) is 2.34. The lowest BCUT2D eigenvalue weighted by Gasteiger charge is -2.14. The maximum absolute atomic E-state index is 11.8. The van der Waals surface area contributed by atoms with Gasteiger partial charge in [-0.3, -0.25) is 9.20 Å². The van der Waals surface area contributed by atoms with Gasteiger partial charge in [0.25, 0.3) is 0 Å². The Balaban J connectivity index is 1.80. The van der Waals surface area contributed by atoms with Crippen molar-refractivity contribution in [2.24, 2.45) is 5.92 Å². The average molecular weight is 443 g/mol. The Bertz CT molecular complexity index is 1080. The summed E-state index contributed by atoms with van der Waals surface area (Å²) < 4.78 is 13.0. The molecular weight excluding hydrogens is 408 g/mol. The second-order valence-corrected chi connectivity index (χ2v) is 8.61. The van der Waals surface area contributed by atoms with Crippen LogP contribution in [-0.2, 0) is 4.79 Å². The quantitative estimate of drug-likeness (QED) is 0.436. The largest absolute Gasteiger partial charge is 0.493 e. The highest BCUT2D eigenvalue weighted by atomic mass is 16.5. The van der Waals surface area contributed by atoms with Gasteiger partial charge in [0.05, 0.1) is 25.3 Å². The van der Waals surface area contributed by atoms with Crippen molar-refractivity contribution in [3.05, 3.63) is 18.0 Å². The van der Waals surface area contributed by atoms with Gasteiger partial charge < -0.3 is 20.1 Å². The van der Waals surface area contributed by atoms with Crippen LogP contribution in [0.5, 0.6) is 11.5 Å². The molecule has 2 heterocycles. The lowest BCUT2D eigenvalue weighted by molar-refractivity contribution is -0.121. The van der Waals surface area contributed by atoms with Gasteiger partial charge in [-0.2, -0.15) is 0 Å². The molecule has 0 bridgehead atoms. The minimum atomic E-state index is 0.111. The van der Waals surface area contributed by atoms with Gasteiger partial charge in [-0.05, 0) is 18.8 Å². The van der Waals surface area contributed by atoms with Crippen molar-refractivity contribution in [3.63, 3.8) is 0 Å². The predicted molar refractivity (Wildman–Crippen MR) is 126 cm³/mol. The first-order valence-corrected chi connectivity index (χ1v) is 11.2. The third-order valence-corrected chi connectivity index (χ3v) is 5.18. The molecule has 0 unspecified atom stereocenters. The number of nitrogens with one attached hydrogen (secondary N) is 2. The second kappa shape index (κ2) is 10.5. The lowest BCUT2D eigenvalue weighted by Crippen LogP contribution is -2.25. The first kappa shape index (κ1) is 23.6. The third-order valence-electron chi connectivity index (χ3n) is 5.18. The molecule has 0 aliphatic rings. The number of aromatic nitrogens is 4. The number of hydrogen-bond donors (Lipinski definition) is 2. The third kappa shape index (κ3) is 5.20. The van der Waals surface area contributed by atoms with Crippen molar-refractivity contribution in [1.29, 1.82) is 0 Å². The summed E-state index contributed by atoms with van der Waals surface area (Å²) in [4.78, 5) is 16.6. The van der Waals surface area contributed by atoms with Crippen LogP contribution in [0.15, 0.2) is 12.1 Å². The molecule has 3 aromatic rings. The Morgan fingerprint density at radius 3 is 2.38 bits per heavy atom. The van der Waals surface area contributed by atoms with Crippen LogP contribution in [0.4, 0.5) is 5.82 Å². The van der Waals surface area contributed by atoms with E-state index in [4.69, 9.17) is 14.5 Å². The van der Waals surface area contributed by atoms with Crippen molar-refractivity contribution in [2.45, 2.75) is 52.9 Å². The van der Waals surface area contributed by atoms with Crippen molar-refractivity contribution in [3.8, 4) is 11.5 Å². The molecule has 0 atom stereocenters. The van der Waals surface area contributed by atoms with Gasteiger partial charge in [0.2, 0.25) is 11.6 Å². The van der Waals surface area contributed by atoms with Crippen LogP contribution in [0.2, 0.25) is 0 Å². The zero-order valence-electron chi connectivity index (χ0n) is 19.9. The minimum absolute atomic E-state index is 0.111. The van der Waals surface area contributed by atoms with Crippen molar-refractivity contribution < 1.29 is 14.3 Å². The average Bonchev–Trinajstić information content (AvgIpc) is 3.20. The summed E-state index contributed by atoms with van der Waals surface area (Å²) in [7, 11) is 3.23. The van der Waals surface area contributed by atoms with Gasteiger partial charge in [0, 0.05) is 37.6 Å². The second-order valence-electron chi connectivity index (χ2n) is 8.61. The molecule has 0 fully saturated rings. The van der Waals surface area contributed by atoms with Crippen LogP contribution in [0.1, 0.15) is 58.7 Å². The van der Waals surface area contributed by atoms with E-state index in [2.05, 4.69) is 34.7 Å². The Kier molecular flexibility index (Phi) is 7.71. The molecule has 2 aromatic heterocycles. The number of ether oxygens (including phenoxy) is 2. The van der Waals surface area contributed by atoms with E-state index >= 15 is 0 Å². The molecule has 0 aliphatic heterocycles. The Labute approximate surface area is 188 Å². The molecule has 1 amide bonds. The van der Waals surface area contributed by atoms with E-state index in [0.717, 1.165) is 29.7 Å². The number of anilines is 1. The Morgan fingerprint density at radius 2 is 1.72 bits per heavy atom. The van der Waals surface area contributed by atoms with Crippen LogP contribution in [0.3, 0.4) is 0 Å². The van der Waals surface area contributed by atoms with Crippen molar-refractivity contribution in [1.82, 2.24) is 24.9 Å². The normalized spacial score (nSPS) is 11.5. The van der Waals surface area contributed by atoms with Gasteiger partial charge in [-0.1, -0.05) is 27.7 Å². The first-order valence-electron chi connectivity index (χ1n) is 11.2. The van der Waals surface area contributed by atoms with E-state index in [1.165, 1.54) is 0 Å². The van der Waals surface area contributed by atoms with Gasteiger partial charge in [0.1, 0.15) is 5.82 Å². The summed E-state index contributed by atoms with van der Waals surface area (Å²) in [5.74, 6) is 3.45. The SMILES string of the molecule is COc1cc2nc(NCCCCNC(=O)CC(C)C)c3nnc(C(C)C)n3c2cc1OC. The maximum atomic E-state index is 11.8. The molecular formula is C23H34N6O3. The number of fused-ring (bicyclic) bond motifs is 3. The van der Waals surface area contributed by atoms with E-state index in [1.807, 2.05) is 30.4 Å². The van der Waals surface area contributed by atoms with Crippen molar-refractivity contribution >= 4 is 28.4 Å². The number of carbonyl (C=O) groups excluding carboxylic acids is 1. The zero-order chi connectivity index (χ0) is 23.3. The van der Waals surface area contributed by atoms with Crippen LogP contribution in [-0.4, -0.2) is 52.8 Å². The maximum Gasteiger partial charge on any atom is 0.220 e. The number of nitrogens with zero attached hydrogens (tertiary/aromatic N) is 4. The highest BCUT2D eigenvalue weighted by molar-refractivity contribution is 5.86. The number of carbonyl (C=O) groups is 1. The highest BCUT2D eigenvalue weighted by Crippen LogP contribution is 2.34. The minimum Gasteiger partial charge on any atom is -0.493 e. The van der Waals surface area contributed by atoms with E-state index < -0.39 is 0 Å². The summed E-state index contributed by atoms with van der Waals surface area (Å²) >= 11 is 0. The van der Waals surface area contributed by atoms with Gasteiger partial charge >= 0.3 is 0 Å². The molecule has 0 spiro atoms. The predicted octanol–water partition coefficient (Wildman–Crippen LogP) is 3.77. The van der Waals surface area contributed by atoms with Gasteiger partial charge in [0.15, 0.2) is 17.3 Å². The summed E-state index contributed by atoms with van der Waals surface area (Å²) in [6.45, 7) is 9.65. The first-order chi connectivity index (χ1) is 15.3. The number of rotatable bonds is 11. The van der Waals surface area contributed by atoms with Crippen LogP contribution in [0.25, 0.3) is 16.7 Å². The topological polar surface area (TPSA) is 103 Å². The lowest BCUT2D eigenvalue weighted by atomic mass is 10.1. The van der Waals surface area contributed by atoms with E-state index in [0.29, 0.717) is 48.4 Å². The molecule has 174 valence electrons. The summed E-state index contributed by atoms with van der Waals surface area (Å²) in [5, 5.41) is 15.2. The molecule has 2 N–H and O–H groups in total. The van der Waals surface area contributed by atoms with Crippen molar-refractivity contribution in [2.75, 3.05) is 32.6 Å². The molecule has 0 saturated heterocycles.